The van der Waals surface area contributed by atoms with Gasteiger partial charge in [-0.1, -0.05) is 42.5 Å². The number of carboxylic acid groups (broad SMARTS) is 1. The highest BCUT2D eigenvalue weighted by atomic mass is 32.2. The Labute approximate surface area is 202 Å². The standard InChI is InChI=1S/C25H28N2O4S2/c1-16-8-6-7-11-18(16)21-19-20(25(26-21,24(30)31)12-14-32-2)23(29)27(22(19)28)13-15-33-17-9-4-3-5-10-17/h3-11,19-21,26H,12-15H2,1-2H3,(H,30,31). The fourth-order valence-corrected chi connectivity index (χ4v) is 6.44. The summed E-state index contributed by atoms with van der Waals surface area (Å²) in [5.74, 6) is -2.20. The Morgan fingerprint density at radius 1 is 1.06 bits per heavy atom. The van der Waals surface area contributed by atoms with Crippen molar-refractivity contribution < 1.29 is 19.5 Å². The molecule has 2 aliphatic rings. The first-order valence-corrected chi connectivity index (χ1v) is 13.4. The second-order valence-corrected chi connectivity index (χ2v) is 10.6. The van der Waals surface area contributed by atoms with Gasteiger partial charge in [-0.05, 0) is 48.6 Å². The van der Waals surface area contributed by atoms with E-state index in [1.807, 2.05) is 67.8 Å². The molecule has 2 amide bonds. The minimum atomic E-state index is -1.46. The van der Waals surface area contributed by atoms with Crippen molar-refractivity contribution >= 4 is 41.3 Å². The van der Waals surface area contributed by atoms with Crippen molar-refractivity contribution in [3.8, 4) is 0 Å². The van der Waals surface area contributed by atoms with Crippen molar-refractivity contribution in [2.75, 3.05) is 24.3 Å². The van der Waals surface area contributed by atoms with Crippen LogP contribution in [0.1, 0.15) is 23.6 Å². The van der Waals surface area contributed by atoms with Crippen molar-refractivity contribution in [1.82, 2.24) is 10.2 Å². The number of amides is 2. The maximum atomic E-state index is 13.6. The van der Waals surface area contributed by atoms with E-state index >= 15 is 0 Å². The molecule has 0 bridgehead atoms. The molecular formula is C25H28N2O4S2. The smallest absolute Gasteiger partial charge is 0.324 e. The molecule has 2 aromatic carbocycles. The van der Waals surface area contributed by atoms with E-state index in [1.165, 1.54) is 16.7 Å². The molecule has 2 N–H and O–H groups in total. The van der Waals surface area contributed by atoms with E-state index in [1.54, 1.807) is 11.8 Å². The van der Waals surface area contributed by atoms with E-state index in [0.29, 0.717) is 11.5 Å². The lowest BCUT2D eigenvalue weighted by Crippen LogP contribution is -2.56. The van der Waals surface area contributed by atoms with Crippen LogP contribution in [-0.4, -0.2) is 57.6 Å². The third kappa shape index (κ3) is 4.32. The summed E-state index contributed by atoms with van der Waals surface area (Å²) in [7, 11) is 0. The Morgan fingerprint density at radius 3 is 2.42 bits per heavy atom. The van der Waals surface area contributed by atoms with Gasteiger partial charge in [0.2, 0.25) is 11.8 Å². The number of carbonyl (C=O) groups excluding carboxylic acids is 2. The van der Waals surface area contributed by atoms with Crippen LogP contribution in [0, 0.1) is 18.8 Å². The SMILES string of the molecule is CSCCC1(C(=O)O)NC(c2ccccc2C)C2C(=O)N(CCSc3ccccc3)C(=O)C21. The van der Waals surface area contributed by atoms with Gasteiger partial charge in [0.05, 0.1) is 11.8 Å². The van der Waals surface area contributed by atoms with Gasteiger partial charge >= 0.3 is 5.97 Å². The van der Waals surface area contributed by atoms with Crippen LogP contribution in [0.2, 0.25) is 0 Å². The van der Waals surface area contributed by atoms with Crippen molar-refractivity contribution in [3.63, 3.8) is 0 Å². The summed E-state index contributed by atoms with van der Waals surface area (Å²) in [5.41, 5.74) is 0.383. The predicted molar refractivity (Wildman–Crippen MR) is 131 cm³/mol. The number of carboxylic acids is 1. The van der Waals surface area contributed by atoms with E-state index < -0.39 is 29.4 Å². The maximum absolute atomic E-state index is 13.6. The number of hydrogen-bond acceptors (Lipinski definition) is 6. The number of thioether (sulfide) groups is 2. The lowest BCUT2D eigenvalue weighted by atomic mass is 9.77. The predicted octanol–water partition coefficient (Wildman–Crippen LogP) is 3.61. The number of likely N-dealkylation sites (tertiary alicyclic amines) is 1. The first kappa shape index (κ1) is 23.9. The molecule has 8 heteroatoms. The van der Waals surface area contributed by atoms with Crippen LogP contribution in [0.4, 0.5) is 0 Å². The molecule has 0 spiro atoms. The lowest BCUT2D eigenvalue weighted by molar-refractivity contribution is -0.151. The Kier molecular flexibility index (Phi) is 7.16. The highest BCUT2D eigenvalue weighted by Gasteiger charge is 2.68. The van der Waals surface area contributed by atoms with Crippen molar-refractivity contribution in [2.24, 2.45) is 11.8 Å². The summed E-state index contributed by atoms with van der Waals surface area (Å²) >= 11 is 3.11. The molecule has 2 aromatic rings. The number of fused-ring (bicyclic) bond motifs is 1. The number of rotatable bonds is 9. The van der Waals surface area contributed by atoms with Gasteiger partial charge in [0.15, 0.2) is 0 Å². The first-order chi connectivity index (χ1) is 15.9. The number of carbonyl (C=O) groups is 3. The van der Waals surface area contributed by atoms with Crippen LogP contribution in [0.15, 0.2) is 59.5 Å². The molecule has 4 unspecified atom stereocenters. The molecule has 2 aliphatic heterocycles. The van der Waals surface area contributed by atoms with Gasteiger partial charge in [-0.15, -0.1) is 11.8 Å². The molecule has 0 saturated carbocycles. The van der Waals surface area contributed by atoms with E-state index in [4.69, 9.17) is 0 Å². The zero-order valence-corrected chi connectivity index (χ0v) is 20.3. The second-order valence-electron chi connectivity index (χ2n) is 8.49. The highest BCUT2D eigenvalue weighted by Crippen LogP contribution is 2.50. The van der Waals surface area contributed by atoms with Crippen LogP contribution in [0.3, 0.4) is 0 Å². The van der Waals surface area contributed by atoms with Crippen LogP contribution >= 0.6 is 23.5 Å². The molecule has 4 rings (SSSR count). The van der Waals surface area contributed by atoms with Crippen molar-refractivity contribution in [2.45, 2.75) is 29.8 Å². The summed E-state index contributed by atoms with van der Waals surface area (Å²) in [5, 5.41) is 13.6. The van der Waals surface area contributed by atoms with Crippen LogP contribution in [-0.2, 0) is 14.4 Å². The quantitative estimate of drug-likeness (QED) is 0.415. The third-order valence-corrected chi connectivity index (χ3v) is 8.28. The maximum Gasteiger partial charge on any atom is 0.324 e. The summed E-state index contributed by atoms with van der Waals surface area (Å²) in [6.45, 7) is 2.22. The minimum Gasteiger partial charge on any atom is -0.480 e. The Balaban J connectivity index is 1.66. The number of nitrogens with one attached hydrogen (secondary N) is 1. The number of imide groups is 1. The average Bonchev–Trinajstić information content (AvgIpc) is 3.28. The molecule has 174 valence electrons. The van der Waals surface area contributed by atoms with Gasteiger partial charge < -0.3 is 5.11 Å². The Hall–Kier alpha value is -2.29. The molecule has 2 saturated heterocycles. The zero-order valence-electron chi connectivity index (χ0n) is 18.7. The number of hydrogen-bond donors (Lipinski definition) is 2. The topological polar surface area (TPSA) is 86.7 Å². The Morgan fingerprint density at radius 2 is 1.76 bits per heavy atom. The molecular weight excluding hydrogens is 456 g/mol. The average molecular weight is 485 g/mol. The van der Waals surface area contributed by atoms with Crippen molar-refractivity contribution in [3.05, 3.63) is 65.7 Å². The van der Waals surface area contributed by atoms with Crippen LogP contribution in [0.5, 0.6) is 0 Å². The molecule has 2 heterocycles. The molecule has 2 fully saturated rings. The second kappa shape index (κ2) is 9.91. The summed E-state index contributed by atoms with van der Waals surface area (Å²) in [4.78, 5) is 42.1. The fourth-order valence-electron chi connectivity index (χ4n) is 5.05. The van der Waals surface area contributed by atoms with Gasteiger partial charge in [0.25, 0.3) is 0 Å². The molecule has 0 radical (unpaired) electrons. The highest BCUT2D eigenvalue weighted by molar-refractivity contribution is 7.99. The zero-order chi connectivity index (χ0) is 23.6. The molecule has 4 atom stereocenters. The summed E-state index contributed by atoms with van der Waals surface area (Å²) < 4.78 is 0. The van der Waals surface area contributed by atoms with Gasteiger partial charge in [-0.3, -0.25) is 24.6 Å². The largest absolute Gasteiger partial charge is 0.480 e. The molecule has 0 aliphatic carbocycles. The van der Waals surface area contributed by atoms with E-state index in [2.05, 4.69) is 5.32 Å². The number of nitrogens with zero attached hydrogens (tertiary/aromatic N) is 1. The van der Waals surface area contributed by atoms with Gasteiger partial charge in [-0.2, -0.15) is 11.8 Å². The summed E-state index contributed by atoms with van der Waals surface area (Å²) in [6.07, 6.45) is 2.19. The first-order valence-electron chi connectivity index (χ1n) is 11.0. The fraction of sp³-hybridized carbons (Fsp3) is 0.400. The molecule has 33 heavy (non-hydrogen) atoms. The van der Waals surface area contributed by atoms with E-state index in [9.17, 15) is 19.5 Å². The molecule has 6 nitrogen and oxygen atoms in total. The monoisotopic (exact) mass is 484 g/mol. The number of benzene rings is 2. The van der Waals surface area contributed by atoms with Gasteiger partial charge in [-0.25, -0.2) is 0 Å². The van der Waals surface area contributed by atoms with Crippen LogP contribution < -0.4 is 5.32 Å². The Bertz CT molecular complexity index is 1050. The van der Waals surface area contributed by atoms with Crippen molar-refractivity contribution in [1.29, 1.82) is 0 Å². The minimum absolute atomic E-state index is 0.267. The number of aliphatic carboxylic acids is 1. The van der Waals surface area contributed by atoms with E-state index in [0.717, 1.165) is 16.0 Å². The third-order valence-electron chi connectivity index (χ3n) is 6.68. The van der Waals surface area contributed by atoms with Gasteiger partial charge in [0.1, 0.15) is 5.54 Å². The van der Waals surface area contributed by atoms with Gasteiger partial charge in [0, 0.05) is 23.2 Å². The number of aryl methyl sites for hydroxylation is 1. The van der Waals surface area contributed by atoms with Crippen LogP contribution in [0.25, 0.3) is 0 Å². The van der Waals surface area contributed by atoms with E-state index in [-0.39, 0.29) is 24.8 Å². The normalized spacial score (nSPS) is 26.6. The lowest BCUT2D eigenvalue weighted by Gasteiger charge is -2.31. The molecule has 0 aromatic heterocycles. The summed E-state index contributed by atoms with van der Waals surface area (Å²) in [6, 6.07) is 17.0.